The Morgan fingerprint density at radius 3 is 2.56 bits per heavy atom. The van der Waals surface area contributed by atoms with Crippen molar-refractivity contribution < 1.29 is 9.53 Å². The molecular weight excluding hydrogens is 204 g/mol. The number of carbonyl (C=O) groups is 1. The maximum Gasteiger partial charge on any atom is 0.296 e. The Labute approximate surface area is 97.3 Å². The number of rotatable bonds is 1. The Morgan fingerprint density at radius 2 is 2.00 bits per heavy atom. The van der Waals surface area contributed by atoms with Gasteiger partial charge in [-0.1, -0.05) is 5.92 Å². The van der Waals surface area contributed by atoms with E-state index in [1.807, 2.05) is 20.8 Å². The van der Waals surface area contributed by atoms with Gasteiger partial charge in [-0.15, -0.1) is 0 Å². The van der Waals surface area contributed by atoms with Crippen LogP contribution in [-0.2, 0) is 9.53 Å². The Kier molecular flexibility index (Phi) is 4.78. The van der Waals surface area contributed by atoms with Gasteiger partial charge in [0.2, 0.25) is 0 Å². The first-order valence-corrected chi connectivity index (χ1v) is 5.58. The molecule has 0 unspecified atom stereocenters. The number of ether oxygens (including phenoxy) is 1. The summed E-state index contributed by atoms with van der Waals surface area (Å²) in [5.74, 6) is 5.28. The van der Waals surface area contributed by atoms with Crippen molar-refractivity contribution >= 4 is 5.91 Å². The molecule has 1 aliphatic rings. The molecule has 1 heterocycles. The van der Waals surface area contributed by atoms with E-state index >= 15 is 0 Å². The second-order valence-electron chi connectivity index (χ2n) is 4.89. The van der Waals surface area contributed by atoms with Gasteiger partial charge >= 0.3 is 0 Å². The van der Waals surface area contributed by atoms with Gasteiger partial charge in [0.1, 0.15) is 0 Å². The lowest BCUT2D eigenvalue weighted by molar-refractivity contribution is -0.117. The van der Waals surface area contributed by atoms with Gasteiger partial charge in [-0.2, -0.15) is 0 Å². The van der Waals surface area contributed by atoms with Crippen LogP contribution in [0.3, 0.4) is 0 Å². The topological polar surface area (TPSA) is 41.6 Å². The Hall–Kier alpha value is -1.05. The van der Waals surface area contributed by atoms with E-state index in [1.165, 1.54) is 0 Å². The van der Waals surface area contributed by atoms with Gasteiger partial charge in [-0.3, -0.25) is 9.69 Å². The molecule has 90 valence electrons. The molecule has 4 heteroatoms. The molecule has 0 saturated carbocycles. The van der Waals surface area contributed by atoms with Crippen LogP contribution in [0.5, 0.6) is 0 Å². The summed E-state index contributed by atoms with van der Waals surface area (Å²) >= 11 is 0. The summed E-state index contributed by atoms with van der Waals surface area (Å²) in [6, 6.07) is 0. The SMILES string of the molecule is CC(C)(C)NC(=O)C#CCN1CCOCC1. The molecule has 16 heavy (non-hydrogen) atoms. The molecule has 0 aromatic carbocycles. The zero-order valence-corrected chi connectivity index (χ0v) is 10.3. The predicted octanol–water partition coefficient (Wildman–Crippen LogP) is 0.237. The maximum atomic E-state index is 11.4. The highest BCUT2D eigenvalue weighted by Crippen LogP contribution is 1.97. The Morgan fingerprint density at radius 1 is 1.38 bits per heavy atom. The first-order chi connectivity index (χ1) is 7.47. The van der Waals surface area contributed by atoms with Crippen molar-refractivity contribution in [1.29, 1.82) is 0 Å². The number of amides is 1. The van der Waals surface area contributed by atoms with E-state index in [0.29, 0.717) is 6.54 Å². The fraction of sp³-hybridized carbons (Fsp3) is 0.750. The fourth-order valence-corrected chi connectivity index (χ4v) is 1.36. The number of hydrogen-bond donors (Lipinski definition) is 1. The van der Waals surface area contributed by atoms with Crippen LogP contribution in [-0.4, -0.2) is 49.2 Å². The maximum absolute atomic E-state index is 11.4. The van der Waals surface area contributed by atoms with Crippen molar-refractivity contribution in [3.63, 3.8) is 0 Å². The number of morpholine rings is 1. The molecule has 0 radical (unpaired) electrons. The highest BCUT2D eigenvalue weighted by atomic mass is 16.5. The van der Waals surface area contributed by atoms with Gasteiger partial charge in [0.05, 0.1) is 19.8 Å². The van der Waals surface area contributed by atoms with E-state index in [9.17, 15) is 4.79 Å². The van der Waals surface area contributed by atoms with Crippen molar-refractivity contribution in [2.75, 3.05) is 32.8 Å². The van der Waals surface area contributed by atoms with E-state index in [1.54, 1.807) is 0 Å². The number of nitrogens with zero attached hydrogens (tertiary/aromatic N) is 1. The predicted molar refractivity (Wildman–Crippen MR) is 62.9 cm³/mol. The minimum absolute atomic E-state index is 0.208. The highest BCUT2D eigenvalue weighted by Gasteiger charge is 2.11. The first kappa shape index (κ1) is 13.0. The van der Waals surface area contributed by atoms with Gasteiger partial charge in [0.25, 0.3) is 5.91 Å². The van der Waals surface area contributed by atoms with Crippen molar-refractivity contribution in [2.24, 2.45) is 0 Å². The summed E-state index contributed by atoms with van der Waals surface area (Å²) in [7, 11) is 0. The molecule has 1 amide bonds. The zero-order valence-electron chi connectivity index (χ0n) is 10.3. The summed E-state index contributed by atoms with van der Waals surface area (Å²) in [6.45, 7) is 9.77. The molecule has 1 rings (SSSR count). The van der Waals surface area contributed by atoms with E-state index in [0.717, 1.165) is 26.3 Å². The second-order valence-corrected chi connectivity index (χ2v) is 4.89. The van der Waals surface area contributed by atoms with Crippen LogP contribution in [0.15, 0.2) is 0 Å². The van der Waals surface area contributed by atoms with Crippen LogP contribution in [0.25, 0.3) is 0 Å². The van der Waals surface area contributed by atoms with Gasteiger partial charge in [0, 0.05) is 18.6 Å². The summed E-state index contributed by atoms with van der Waals surface area (Å²) < 4.78 is 5.22. The fourth-order valence-electron chi connectivity index (χ4n) is 1.36. The van der Waals surface area contributed by atoms with E-state index < -0.39 is 0 Å². The number of carbonyl (C=O) groups excluding carboxylic acids is 1. The van der Waals surface area contributed by atoms with Crippen LogP contribution in [0, 0.1) is 11.8 Å². The summed E-state index contributed by atoms with van der Waals surface area (Å²) in [5.41, 5.74) is -0.218. The first-order valence-electron chi connectivity index (χ1n) is 5.58. The van der Waals surface area contributed by atoms with Gasteiger partial charge in [-0.25, -0.2) is 0 Å². The smallest absolute Gasteiger partial charge is 0.296 e. The van der Waals surface area contributed by atoms with Crippen molar-refractivity contribution in [3.8, 4) is 11.8 Å². The van der Waals surface area contributed by atoms with Crippen molar-refractivity contribution in [2.45, 2.75) is 26.3 Å². The summed E-state index contributed by atoms with van der Waals surface area (Å²) in [6.07, 6.45) is 0. The Balaban J connectivity index is 2.28. The van der Waals surface area contributed by atoms with E-state index in [4.69, 9.17) is 4.74 Å². The van der Waals surface area contributed by atoms with Crippen molar-refractivity contribution in [1.82, 2.24) is 10.2 Å². The molecule has 0 spiro atoms. The molecule has 1 fully saturated rings. The molecule has 1 N–H and O–H groups in total. The number of hydrogen-bond acceptors (Lipinski definition) is 3. The van der Waals surface area contributed by atoms with Crippen LogP contribution in [0.1, 0.15) is 20.8 Å². The molecular formula is C12H20N2O2. The number of nitrogens with one attached hydrogen (secondary N) is 1. The minimum Gasteiger partial charge on any atom is -0.379 e. The monoisotopic (exact) mass is 224 g/mol. The quantitative estimate of drug-likeness (QED) is 0.649. The standard InChI is InChI=1S/C12H20N2O2/c1-12(2,3)13-11(15)5-4-6-14-7-9-16-10-8-14/h6-10H2,1-3H3,(H,13,15). The summed E-state index contributed by atoms with van der Waals surface area (Å²) in [4.78, 5) is 13.6. The van der Waals surface area contributed by atoms with Gasteiger partial charge < -0.3 is 10.1 Å². The molecule has 0 aromatic rings. The van der Waals surface area contributed by atoms with Crippen molar-refractivity contribution in [3.05, 3.63) is 0 Å². The molecule has 1 saturated heterocycles. The lowest BCUT2D eigenvalue weighted by Crippen LogP contribution is -2.40. The van der Waals surface area contributed by atoms with Crippen LogP contribution >= 0.6 is 0 Å². The average molecular weight is 224 g/mol. The highest BCUT2D eigenvalue weighted by molar-refractivity contribution is 5.93. The minimum atomic E-state index is -0.218. The Bertz CT molecular complexity index is 290. The van der Waals surface area contributed by atoms with Gasteiger partial charge in [0.15, 0.2) is 0 Å². The second kappa shape index (κ2) is 5.88. The molecule has 0 atom stereocenters. The third-order valence-corrected chi connectivity index (χ3v) is 2.10. The average Bonchev–Trinajstić information content (AvgIpc) is 2.16. The molecule has 0 aromatic heterocycles. The van der Waals surface area contributed by atoms with Gasteiger partial charge in [-0.05, 0) is 26.7 Å². The van der Waals surface area contributed by atoms with Crippen LogP contribution < -0.4 is 5.32 Å². The molecule has 4 nitrogen and oxygen atoms in total. The lowest BCUT2D eigenvalue weighted by Gasteiger charge is -2.24. The third kappa shape index (κ3) is 5.74. The summed E-state index contributed by atoms with van der Waals surface area (Å²) in [5, 5.41) is 2.80. The molecule has 0 bridgehead atoms. The lowest BCUT2D eigenvalue weighted by atomic mass is 10.1. The van der Waals surface area contributed by atoms with E-state index in [-0.39, 0.29) is 11.4 Å². The molecule has 0 aliphatic carbocycles. The van der Waals surface area contributed by atoms with E-state index in [2.05, 4.69) is 22.1 Å². The normalized spacial score (nSPS) is 17.4. The molecule has 1 aliphatic heterocycles. The third-order valence-electron chi connectivity index (χ3n) is 2.10. The van der Waals surface area contributed by atoms with Crippen LogP contribution in [0.4, 0.5) is 0 Å². The van der Waals surface area contributed by atoms with Crippen LogP contribution in [0.2, 0.25) is 0 Å². The zero-order chi connectivity index (χ0) is 12.0. The largest absolute Gasteiger partial charge is 0.379 e.